The molecule has 0 saturated heterocycles. The highest BCUT2D eigenvalue weighted by Gasteiger charge is 2.40. The van der Waals surface area contributed by atoms with Gasteiger partial charge in [0.25, 0.3) is 11.8 Å². The first kappa shape index (κ1) is 19.5. The molecule has 4 rings (SSSR count). The van der Waals surface area contributed by atoms with Crippen molar-refractivity contribution in [2.75, 3.05) is 17.3 Å². The molecule has 0 aliphatic carbocycles. The zero-order valence-electron chi connectivity index (χ0n) is 17.1. The third kappa shape index (κ3) is 3.35. The first-order chi connectivity index (χ1) is 14.5. The highest BCUT2D eigenvalue weighted by molar-refractivity contribution is 6.46. The highest BCUT2D eigenvalue weighted by atomic mass is 16.5. The fourth-order valence-electron chi connectivity index (χ4n) is 3.56. The van der Waals surface area contributed by atoms with Gasteiger partial charge in [0.1, 0.15) is 11.4 Å². The molecule has 5 nitrogen and oxygen atoms in total. The molecule has 2 amide bonds. The number of rotatable bonds is 5. The molecule has 0 fully saturated rings. The second-order valence-corrected chi connectivity index (χ2v) is 7.14. The summed E-state index contributed by atoms with van der Waals surface area (Å²) in [6.45, 7) is 3.88. The SMILES string of the molecule is COc1cccc(NC2=C(c3ccccc3)C(=O)N(c3cccc(C)c3C)C2=O)c1. The van der Waals surface area contributed by atoms with Crippen LogP contribution in [0.1, 0.15) is 16.7 Å². The lowest BCUT2D eigenvalue weighted by Crippen LogP contribution is -2.33. The number of hydrogen-bond donors (Lipinski definition) is 1. The Balaban J connectivity index is 1.84. The van der Waals surface area contributed by atoms with Gasteiger partial charge in [-0.2, -0.15) is 0 Å². The maximum atomic E-state index is 13.5. The number of carbonyl (C=O) groups is 2. The second kappa shape index (κ2) is 7.87. The van der Waals surface area contributed by atoms with E-state index in [0.29, 0.717) is 28.3 Å². The summed E-state index contributed by atoms with van der Waals surface area (Å²) in [5.41, 5.74) is 4.47. The number of carbonyl (C=O) groups excluding carboxylic acids is 2. The van der Waals surface area contributed by atoms with Crippen molar-refractivity contribution in [1.29, 1.82) is 0 Å². The second-order valence-electron chi connectivity index (χ2n) is 7.14. The number of methoxy groups -OCH3 is 1. The maximum absolute atomic E-state index is 13.5. The van der Waals surface area contributed by atoms with Crippen LogP contribution in [0.4, 0.5) is 11.4 Å². The van der Waals surface area contributed by atoms with Gasteiger partial charge >= 0.3 is 0 Å². The van der Waals surface area contributed by atoms with Crippen LogP contribution in [-0.4, -0.2) is 18.9 Å². The lowest BCUT2D eigenvalue weighted by atomic mass is 10.0. The Bertz CT molecular complexity index is 1170. The van der Waals surface area contributed by atoms with Crippen molar-refractivity contribution >= 4 is 28.8 Å². The minimum absolute atomic E-state index is 0.250. The Morgan fingerprint density at radius 2 is 1.57 bits per heavy atom. The van der Waals surface area contributed by atoms with Gasteiger partial charge in [0, 0.05) is 11.8 Å². The summed E-state index contributed by atoms with van der Waals surface area (Å²) < 4.78 is 5.28. The molecule has 0 atom stereocenters. The molecule has 0 spiro atoms. The zero-order chi connectivity index (χ0) is 21.3. The number of ether oxygens (including phenoxy) is 1. The maximum Gasteiger partial charge on any atom is 0.282 e. The molecule has 1 N–H and O–H groups in total. The number of hydrogen-bond acceptors (Lipinski definition) is 4. The third-order valence-corrected chi connectivity index (χ3v) is 5.30. The number of nitrogens with zero attached hydrogens (tertiary/aromatic N) is 1. The lowest BCUT2D eigenvalue weighted by Gasteiger charge is -2.19. The number of nitrogens with one attached hydrogen (secondary N) is 1. The van der Waals surface area contributed by atoms with Crippen molar-refractivity contribution in [2.24, 2.45) is 0 Å². The molecule has 5 heteroatoms. The van der Waals surface area contributed by atoms with Crippen LogP contribution >= 0.6 is 0 Å². The molecule has 30 heavy (non-hydrogen) atoms. The molecule has 0 saturated carbocycles. The van der Waals surface area contributed by atoms with E-state index in [0.717, 1.165) is 11.1 Å². The number of amides is 2. The topological polar surface area (TPSA) is 58.6 Å². The number of benzene rings is 3. The van der Waals surface area contributed by atoms with Crippen molar-refractivity contribution in [3.05, 3.63) is 95.2 Å². The van der Waals surface area contributed by atoms with Crippen molar-refractivity contribution in [3.63, 3.8) is 0 Å². The molecule has 3 aromatic rings. The van der Waals surface area contributed by atoms with Crippen LogP contribution in [-0.2, 0) is 9.59 Å². The molecule has 1 heterocycles. The zero-order valence-corrected chi connectivity index (χ0v) is 17.1. The first-order valence-electron chi connectivity index (χ1n) is 9.67. The smallest absolute Gasteiger partial charge is 0.282 e. The normalized spacial score (nSPS) is 13.8. The standard InChI is InChI=1S/C25H22N2O3/c1-16-9-7-14-21(17(16)2)27-24(28)22(18-10-5-4-6-11-18)23(25(27)29)26-19-12-8-13-20(15-19)30-3/h4-15,26H,1-3H3. The van der Waals surface area contributed by atoms with E-state index in [4.69, 9.17) is 4.74 Å². The van der Waals surface area contributed by atoms with Gasteiger partial charge < -0.3 is 10.1 Å². The van der Waals surface area contributed by atoms with Gasteiger partial charge in [0.2, 0.25) is 0 Å². The Hall–Kier alpha value is -3.86. The molecule has 0 unspecified atom stereocenters. The fraction of sp³-hybridized carbons (Fsp3) is 0.120. The minimum Gasteiger partial charge on any atom is -0.497 e. The van der Waals surface area contributed by atoms with E-state index in [9.17, 15) is 9.59 Å². The molecule has 0 bridgehead atoms. The molecular weight excluding hydrogens is 376 g/mol. The Labute approximate surface area is 175 Å². The Morgan fingerprint density at radius 3 is 2.30 bits per heavy atom. The summed E-state index contributed by atoms with van der Waals surface area (Å²) in [5, 5.41) is 3.17. The van der Waals surface area contributed by atoms with E-state index in [1.165, 1.54) is 4.90 Å². The molecular formula is C25H22N2O3. The van der Waals surface area contributed by atoms with Crippen molar-refractivity contribution in [3.8, 4) is 5.75 Å². The summed E-state index contributed by atoms with van der Waals surface area (Å²) in [6, 6.07) is 22.1. The highest BCUT2D eigenvalue weighted by Crippen LogP contribution is 2.36. The minimum atomic E-state index is -0.379. The van der Waals surface area contributed by atoms with E-state index >= 15 is 0 Å². The Morgan fingerprint density at radius 1 is 0.833 bits per heavy atom. The number of aryl methyl sites for hydroxylation is 1. The summed E-state index contributed by atoms with van der Waals surface area (Å²) in [6.07, 6.45) is 0. The van der Waals surface area contributed by atoms with Gasteiger partial charge in [0.15, 0.2) is 0 Å². The monoisotopic (exact) mass is 398 g/mol. The first-order valence-corrected chi connectivity index (χ1v) is 9.67. The van der Waals surface area contributed by atoms with Gasteiger partial charge in [-0.1, -0.05) is 48.5 Å². The predicted octanol–water partition coefficient (Wildman–Crippen LogP) is 4.71. The fourth-order valence-corrected chi connectivity index (χ4v) is 3.56. The third-order valence-electron chi connectivity index (χ3n) is 5.30. The lowest BCUT2D eigenvalue weighted by molar-refractivity contribution is -0.120. The molecule has 1 aliphatic heterocycles. The van der Waals surface area contributed by atoms with Crippen LogP contribution < -0.4 is 15.0 Å². The predicted molar refractivity (Wildman–Crippen MR) is 118 cm³/mol. The molecule has 150 valence electrons. The summed E-state index contributed by atoms with van der Waals surface area (Å²) in [7, 11) is 1.58. The van der Waals surface area contributed by atoms with Gasteiger partial charge in [-0.3, -0.25) is 9.59 Å². The Kier molecular flexibility index (Phi) is 5.11. The van der Waals surface area contributed by atoms with Crippen molar-refractivity contribution < 1.29 is 14.3 Å². The van der Waals surface area contributed by atoms with Gasteiger partial charge in [-0.25, -0.2) is 4.90 Å². The van der Waals surface area contributed by atoms with Gasteiger partial charge in [0.05, 0.1) is 18.4 Å². The summed E-state index contributed by atoms with van der Waals surface area (Å²) >= 11 is 0. The number of imide groups is 1. The van der Waals surface area contributed by atoms with E-state index in [1.807, 2.05) is 74.5 Å². The van der Waals surface area contributed by atoms with Crippen LogP contribution in [0, 0.1) is 13.8 Å². The van der Waals surface area contributed by atoms with Crippen molar-refractivity contribution in [1.82, 2.24) is 0 Å². The van der Waals surface area contributed by atoms with E-state index < -0.39 is 0 Å². The average molecular weight is 398 g/mol. The molecule has 1 aliphatic rings. The quantitative estimate of drug-likeness (QED) is 0.633. The van der Waals surface area contributed by atoms with Crippen LogP contribution in [0.3, 0.4) is 0 Å². The van der Waals surface area contributed by atoms with E-state index in [1.54, 1.807) is 19.2 Å². The van der Waals surface area contributed by atoms with Crippen LogP contribution in [0.2, 0.25) is 0 Å². The molecule has 0 aromatic heterocycles. The number of anilines is 2. The van der Waals surface area contributed by atoms with Crippen LogP contribution in [0.15, 0.2) is 78.5 Å². The summed E-state index contributed by atoms with van der Waals surface area (Å²) in [4.78, 5) is 28.2. The largest absolute Gasteiger partial charge is 0.497 e. The molecule has 0 radical (unpaired) electrons. The average Bonchev–Trinajstić information content (AvgIpc) is 3.00. The van der Waals surface area contributed by atoms with E-state index in [-0.39, 0.29) is 17.5 Å². The summed E-state index contributed by atoms with van der Waals surface area (Å²) in [5.74, 6) is -0.0642. The molecule has 3 aromatic carbocycles. The van der Waals surface area contributed by atoms with Gasteiger partial charge in [-0.05, 0) is 48.7 Å². The van der Waals surface area contributed by atoms with Gasteiger partial charge in [-0.15, -0.1) is 0 Å². The van der Waals surface area contributed by atoms with Crippen LogP contribution in [0.25, 0.3) is 5.57 Å². The van der Waals surface area contributed by atoms with E-state index in [2.05, 4.69) is 5.32 Å². The van der Waals surface area contributed by atoms with Crippen molar-refractivity contribution in [2.45, 2.75) is 13.8 Å². The van der Waals surface area contributed by atoms with Crippen LogP contribution in [0.5, 0.6) is 5.75 Å².